The number of rotatable bonds is 3. The number of thioether (sulfide) groups is 1. The summed E-state index contributed by atoms with van der Waals surface area (Å²) in [6, 6.07) is 4.62. The predicted molar refractivity (Wildman–Crippen MR) is 65.3 cm³/mol. The summed E-state index contributed by atoms with van der Waals surface area (Å²) in [6.45, 7) is 0. The van der Waals surface area contributed by atoms with E-state index in [0.717, 1.165) is 5.01 Å². The predicted octanol–water partition coefficient (Wildman–Crippen LogP) is 3.21. The van der Waals surface area contributed by atoms with Gasteiger partial charge in [0.2, 0.25) is 4.47 Å². The maximum absolute atomic E-state index is 13.4. The Balaban J connectivity index is 2.04. The van der Waals surface area contributed by atoms with Crippen LogP contribution < -0.4 is 5.73 Å². The summed E-state index contributed by atoms with van der Waals surface area (Å²) < 4.78 is 13.8. The van der Waals surface area contributed by atoms with Gasteiger partial charge in [0.1, 0.15) is 10.8 Å². The van der Waals surface area contributed by atoms with Crippen molar-refractivity contribution in [2.45, 2.75) is 10.6 Å². The van der Waals surface area contributed by atoms with Crippen molar-refractivity contribution < 1.29 is 4.39 Å². The molecular weight excluding hydrogens is 269 g/mol. The number of hydrogen-bond donors (Lipinski definition) is 1. The third kappa shape index (κ3) is 2.84. The first kappa shape index (κ1) is 11.6. The van der Waals surface area contributed by atoms with Gasteiger partial charge in [0.15, 0.2) is 0 Å². The summed E-state index contributed by atoms with van der Waals surface area (Å²) in [6.07, 6.45) is 0. The van der Waals surface area contributed by atoms with Crippen LogP contribution >= 0.6 is 34.7 Å². The molecule has 0 radical (unpaired) electrons. The Morgan fingerprint density at radius 1 is 1.44 bits per heavy atom. The van der Waals surface area contributed by atoms with E-state index in [2.05, 4.69) is 10.2 Å². The van der Waals surface area contributed by atoms with Crippen LogP contribution in [0.2, 0.25) is 4.47 Å². The number of nitrogens with two attached hydrogens (primary N) is 1. The highest BCUT2D eigenvalue weighted by Gasteiger charge is 2.06. The molecule has 0 bridgehead atoms. The van der Waals surface area contributed by atoms with Crippen molar-refractivity contribution in [1.29, 1.82) is 0 Å². The summed E-state index contributed by atoms with van der Waals surface area (Å²) in [5.41, 5.74) is 5.87. The van der Waals surface area contributed by atoms with Gasteiger partial charge in [0.05, 0.1) is 5.75 Å². The average molecular weight is 276 g/mol. The smallest absolute Gasteiger partial charge is 0.207 e. The lowest BCUT2D eigenvalue weighted by molar-refractivity contribution is 0.602. The molecule has 7 heteroatoms. The monoisotopic (exact) mass is 275 g/mol. The molecule has 1 heterocycles. The molecule has 1 aromatic heterocycles. The summed E-state index contributed by atoms with van der Waals surface area (Å²) in [7, 11) is 0. The number of benzene rings is 1. The first-order valence-corrected chi connectivity index (χ1v) is 6.49. The zero-order chi connectivity index (χ0) is 11.5. The molecule has 2 aromatic rings. The second kappa shape index (κ2) is 4.99. The van der Waals surface area contributed by atoms with Gasteiger partial charge in [0, 0.05) is 10.6 Å². The van der Waals surface area contributed by atoms with E-state index in [9.17, 15) is 4.39 Å². The quantitative estimate of drug-likeness (QED) is 0.690. The first-order chi connectivity index (χ1) is 7.65. The van der Waals surface area contributed by atoms with Crippen molar-refractivity contribution in [3.8, 4) is 0 Å². The fourth-order valence-corrected chi connectivity index (χ4v) is 2.84. The number of halogens is 2. The van der Waals surface area contributed by atoms with E-state index in [1.807, 2.05) is 0 Å². The molecule has 2 N–H and O–H groups in total. The third-order valence-corrected chi connectivity index (χ3v) is 4.01. The molecule has 2 rings (SSSR count). The highest BCUT2D eigenvalue weighted by atomic mass is 35.5. The third-order valence-electron chi connectivity index (χ3n) is 1.75. The molecule has 0 amide bonds. The number of hydrogen-bond acceptors (Lipinski definition) is 5. The zero-order valence-electron chi connectivity index (χ0n) is 7.98. The molecule has 3 nitrogen and oxygen atoms in total. The molecule has 0 saturated carbocycles. The van der Waals surface area contributed by atoms with E-state index in [4.69, 9.17) is 17.3 Å². The average Bonchev–Trinajstić information content (AvgIpc) is 2.63. The minimum Gasteiger partial charge on any atom is -0.399 e. The Kier molecular flexibility index (Phi) is 3.63. The number of nitrogen functional groups attached to an aromatic ring is 1. The van der Waals surface area contributed by atoms with Crippen LogP contribution in [0.25, 0.3) is 0 Å². The van der Waals surface area contributed by atoms with Crippen LogP contribution in [0.3, 0.4) is 0 Å². The summed E-state index contributed by atoms with van der Waals surface area (Å²) in [5.74, 6) is 0.228. The first-order valence-electron chi connectivity index (χ1n) is 4.31. The lowest BCUT2D eigenvalue weighted by atomic mass is 10.3. The molecule has 0 unspecified atom stereocenters. The summed E-state index contributed by atoms with van der Waals surface area (Å²) in [5, 5.41) is 8.29. The topological polar surface area (TPSA) is 51.8 Å². The van der Waals surface area contributed by atoms with Gasteiger partial charge in [-0.3, -0.25) is 0 Å². The number of anilines is 1. The van der Waals surface area contributed by atoms with E-state index >= 15 is 0 Å². The molecule has 0 fully saturated rings. The van der Waals surface area contributed by atoms with Gasteiger partial charge in [-0.15, -0.1) is 22.0 Å². The molecule has 0 aliphatic carbocycles. The van der Waals surface area contributed by atoms with Crippen LogP contribution in [0.15, 0.2) is 23.1 Å². The van der Waals surface area contributed by atoms with Gasteiger partial charge in [-0.25, -0.2) is 4.39 Å². The lowest BCUT2D eigenvalue weighted by Crippen LogP contribution is -1.88. The Morgan fingerprint density at radius 3 is 2.88 bits per heavy atom. The standard InChI is InChI=1S/C9H7ClFN3S2/c10-9-14-13-8(16-9)4-15-7-2-1-5(12)3-6(7)11/h1-3H,4,12H2. The van der Waals surface area contributed by atoms with Crippen molar-refractivity contribution in [3.63, 3.8) is 0 Å². The fourth-order valence-electron chi connectivity index (χ4n) is 1.07. The van der Waals surface area contributed by atoms with Gasteiger partial charge in [-0.05, 0) is 29.8 Å². The Morgan fingerprint density at radius 2 is 2.25 bits per heavy atom. The normalized spacial score (nSPS) is 10.6. The van der Waals surface area contributed by atoms with Crippen molar-refractivity contribution in [2.75, 3.05) is 5.73 Å². The Labute approximate surface area is 105 Å². The highest BCUT2D eigenvalue weighted by Crippen LogP contribution is 2.28. The van der Waals surface area contributed by atoms with Gasteiger partial charge < -0.3 is 5.73 Å². The summed E-state index contributed by atoms with van der Waals surface area (Å²) in [4.78, 5) is 0.542. The van der Waals surface area contributed by atoms with Crippen LogP contribution in [0.5, 0.6) is 0 Å². The molecule has 84 valence electrons. The number of nitrogens with zero attached hydrogens (tertiary/aromatic N) is 2. The molecule has 0 aliphatic rings. The fraction of sp³-hybridized carbons (Fsp3) is 0.111. The Hall–Kier alpha value is -0.850. The van der Waals surface area contributed by atoms with E-state index in [1.165, 1.54) is 29.2 Å². The lowest BCUT2D eigenvalue weighted by Gasteiger charge is -2.01. The number of aromatic nitrogens is 2. The van der Waals surface area contributed by atoms with Crippen LogP contribution in [-0.2, 0) is 5.75 Å². The van der Waals surface area contributed by atoms with E-state index in [1.54, 1.807) is 12.1 Å². The van der Waals surface area contributed by atoms with E-state index < -0.39 is 0 Å². The van der Waals surface area contributed by atoms with Crippen molar-refractivity contribution in [1.82, 2.24) is 10.2 Å². The molecule has 0 atom stereocenters. The van der Waals surface area contributed by atoms with Gasteiger partial charge in [0.25, 0.3) is 0 Å². The van der Waals surface area contributed by atoms with Crippen molar-refractivity contribution in [3.05, 3.63) is 33.5 Å². The molecule has 0 spiro atoms. The van der Waals surface area contributed by atoms with Crippen molar-refractivity contribution >= 4 is 40.4 Å². The van der Waals surface area contributed by atoms with Crippen molar-refractivity contribution in [2.24, 2.45) is 0 Å². The molecule has 1 aromatic carbocycles. The van der Waals surface area contributed by atoms with Gasteiger partial charge in [-0.1, -0.05) is 11.3 Å². The van der Waals surface area contributed by atoms with Crippen LogP contribution in [0, 0.1) is 5.82 Å². The largest absolute Gasteiger partial charge is 0.399 e. The van der Waals surface area contributed by atoms with Crippen LogP contribution in [0.1, 0.15) is 5.01 Å². The highest BCUT2D eigenvalue weighted by molar-refractivity contribution is 7.98. The van der Waals surface area contributed by atoms with E-state index in [0.29, 0.717) is 20.8 Å². The van der Waals surface area contributed by atoms with Gasteiger partial charge >= 0.3 is 0 Å². The minimum absolute atomic E-state index is 0.319. The second-order valence-corrected chi connectivity index (χ2v) is 5.59. The van der Waals surface area contributed by atoms with Crippen LogP contribution in [0.4, 0.5) is 10.1 Å². The zero-order valence-corrected chi connectivity index (χ0v) is 10.4. The maximum atomic E-state index is 13.4. The SMILES string of the molecule is Nc1ccc(SCc2nnc(Cl)s2)c(F)c1. The second-order valence-electron chi connectivity index (χ2n) is 2.93. The minimum atomic E-state index is -0.319. The maximum Gasteiger partial charge on any atom is 0.207 e. The van der Waals surface area contributed by atoms with E-state index in [-0.39, 0.29) is 5.82 Å². The molecular formula is C9H7ClFN3S2. The van der Waals surface area contributed by atoms with Crippen LogP contribution in [-0.4, -0.2) is 10.2 Å². The molecule has 16 heavy (non-hydrogen) atoms. The Bertz CT molecular complexity index is 503. The summed E-state index contributed by atoms with van der Waals surface area (Å²) >= 11 is 8.27. The molecule has 0 saturated heterocycles. The van der Waals surface area contributed by atoms with Gasteiger partial charge in [-0.2, -0.15) is 0 Å². The molecule has 0 aliphatic heterocycles.